The number of fused-ring (bicyclic) bond motifs is 1. The zero-order valence-corrected chi connectivity index (χ0v) is 12.5. The molecule has 0 radical (unpaired) electrons. The number of benzene rings is 1. The Morgan fingerprint density at radius 1 is 1.14 bits per heavy atom. The first-order valence-corrected chi connectivity index (χ1v) is 6.95. The van der Waals surface area contributed by atoms with Gasteiger partial charge in [-0.2, -0.15) is 0 Å². The largest absolute Gasteiger partial charge is 0.457 e. The van der Waals surface area contributed by atoms with Crippen molar-refractivity contribution in [3.8, 4) is 11.5 Å². The van der Waals surface area contributed by atoms with Crippen LogP contribution < -0.4 is 10.5 Å². The predicted molar refractivity (Wildman–Crippen MR) is 84.6 cm³/mol. The van der Waals surface area contributed by atoms with Crippen molar-refractivity contribution in [1.82, 2.24) is 9.97 Å². The van der Waals surface area contributed by atoms with Crippen molar-refractivity contribution in [3.05, 3.63) is 53.9 Å². The van der Waals surface area contributed by atoms with Crippen molar-refractivity contribution >= 4 is 11.0 Å². The molecule has 0 amide bonds. The van der Waals surface area contributed by atoms with E-state index in [0.717, 1.165) is 33.7 Å². The average Bonchev–Trinajstić information content (AvgIpc) is 2.81. The second-order valence-corrected chi connectivity index (χ2v) is 5.85. The van der Waals surface area contributed by atoms with E-state index in [9.17, 15) is 0 Å². The number of rotatable bonds is 3. The third-order valence-electron chi connectivity index (χ3n) is 3.56. The highest BCUT2D eigenvalue weighted by Gasteiger charge is 2.14. The first-order valence-electron chi connectivity index (χ1n) is 6.95. The summed E-state index contributed by atoms with van der Waals surface area (Å²) in [6.07, 6.45) is 3.68. The Kier molecular flexibility index (Phi) is 3.18. The lowest BCUT2D eigenvalue weighted by molar-refractivity contribution is 0.486. The fraction of sp³-hybridized carbons (Fsp3) is 0.235. The van der Waals surface area contributed by atoms with Gasteiger partial charge >= 0.3 is 0 Å². The van der Waals surface area contributed by atoms with Crippen molar-refractivity contribution in [2.24, 2.45) is 5.73 Å². The quantitative estimate of drug-likeness (QED) is 0.766. The van der Waals surface area contributed by atoms with E-state index in [-0.39, 0.29) is 5.54 Å². The molecule has 0 aliphatic carbocycles. The molecule has 0 bridgehead atoms. The smallest absolute Gasteiger partial charge is 0.141 e. The maximum Gasteiger partial charge on any atom is 0.141 e. The lowest BCUT2D eigenvalue weighted by Crippen LogP contribution is -2.28. The van der Waals surface area contributed by atoms with E-state index < -0.39 is 0 Å². The highest BCUT2D eigenvalue weighted by Crippen LogP contribution is 2.31. The molecule has 0 spiro atoms. The van der Waals surface area contributed by atoms with Gasteiger partial charge in [0.25, 0.3) is 0 Å². The number of hydrogen-bond donors (Lipinski definition) is 2. The lowest BCUT2D eigenvalue weighted by atomic mass is 9.96. The number of nitrogens with zero attached hydrogens (tertiary/aromatic N) is 1. The SMILES string of the molecule is Cc1c[nH]c2nccc(Oc3ccc(C(C)(C)N)cc3)c12. The van der Waals surface area contributed by atoms with Crippen LogP contribution in [0.2, 0.25) is 0 Å². The first kappa shape index (κ1) is 13.6. The van der Waals surface area contributed by atoms with Gasteiger partial charge in [-0.1, -0.05) is 12.1 Å². The zero-order valence-electron chi connectivity index (χ0n) is 12.5. The molecule has 2 heterocycles. The number of ether oxygens (including phenoxy) is 1. The Morgan fingerprint density at radius 3 is 2.52 bits per heavy atom. The van der Waals surface area contributed by atoms with E-state index in [4.69, 9.17) is 10.5 Å². The third-order valence-corrected chi connectivity index (χ3v) is 3.56. The summed E-state index contributed by atoms with van der Waals surface area (Å²) in [4.78, 5) is 7.43. The van der Waals surface area contributed by atoms with Crippen molar-refractivity contribution in [3.63, 3.8) is 0 Å². The Hall–Kier alpha value is -2.33. The summed E-state index contributed by atoms with van der Waals surface area (Å²) in [5.41, 5.74) is 8.77. The van der Waals surface area contributed by atoms with Crippen LogP contribution >= 0.6 is 0 Å². The molecule has 21 heavy (non-hydrogen) atoms. The summed E-state index contributed by atoms with van der Waals surface area (Å²) in [7, 11) is 0. The molecule has 3 N–H and O–H groups in total. The van der Waals surface area contributed by atoms with Crippen LogP contribution in [0.5, 0.6) is 11.5 Å². The number of pyridine rings is 1. The normalized spacial score (nSPS) is 11.8. The molecule has 1 aromatic carbocycles. The minimum absolute atomic E-state index is 0.348. The van der Waals surface area contributed by atoms with Gasteiger partial charge in [0.1, 0.15) is 17.1 Å². The molecule has 3 rings (SSSR count). The van der Waals surface area contributed by atoms with Crippen LogP contribution in [-0.2, 0) is 5.54 Å². The van der Waals surface area contributed by atoms with Crippen molar-refractivity contribution in [2.45, 2.75) is 26.3 Å². The molecule has 0 fully saturated rings. The van der Waals surface area contributed by atoms with Gasteiger partial charge < -0.3 is 15.5 Å². The molecule has 0 aliphatic heterocycles. The van der Waals surface area contributed by atoms with Crippen molar-refractivity contribution in [2.75, 3.05) is 0 Å². The fourth-order valence-corrected chi connectivity index (χ4v) is 2.35. The van der Waals surface area contributed by atoms with Crippen LogP contribution in [-0.4, -0.2) is 9.97 Å². The number of H-pyrrole nitrogens is 1. The van der Waals surface area contributed by atoms with Gasteiger partial charge in [-0.15, -0.1) is 0 Å². The van der Waals surface area contributed by atoms with Crippen molar-refractivity contribution in [1.29, 1.82) is 0 Å². The number of aryl methyl sites for hydroxylation is 1. The van der Waals surface area contributed by atoms with Gasteiger partial charge in [-0.25, -0.2) is 4.98 Å². The van der Waals surface area contributed by atoms with E-state index in [1.807, 2.05) is 57.3 Å². The Morgan fingerprint density at radius 2 is 1.86 bits per heavy atom. The fourth-order valence-electron chi connectivity index (χ4n) is 2.35. The number of aromatic nitrogens is 2. The maximum absolute atomic E-state index is 6.09. The molecule has 0 aliphatic rings. The minimum Gasteiger partial charge on any atom is -0.457 e. The Labute approximate surface area is 124 Å². The van der Waals surface area contributed by atoms with Crippen LogP contribution in [0.25, 0.3) is 11.0 Å². The van der Waals surface area contributed by atoms with E-state index in [1.54, 1.807) is 6.20 Å². The monoisotopic (exact) mass is 281 g/mol. The molecular weight excluding hydrogens is 262 g/mol. The van der Waals surface area contributed by atoms with Crippen LogP contribution in [0.3, 0.4) is 0 Å². The van der Waals surface area contributed by atoms with E-state index in [1.165, 1.54) is 0 Å². The Balaban J connectivity index is 1.94. The zero-order chi connectivity index (χ0) is 15.0. The molecule has 0 unspecified atom stereocenters. The standard InChI is InChI=1S/C17H19N3O/c1-11-10-20-16-15(11)14(8-9-19-16)21-13-6-4-12(5-7-13)17(2,3)18/h4-10H,18H2,1-3H3,(H,19,20). The van der Waals surface area contributed by atoms with E-state index >= 15 is 0 Å². The van der Waals surface area contributed by atoms with Gasteiger partial charge in [-0.05, 0) is 50.1 Å². The summed E-state index contributed by atoms with van der Waals surface area (Å²) in [5, 5.41) is 1.01. The van der Waals surface area contributed by atoms with Crippen LogP contribution in [0.1, 0.15) is 25.0 Å². The number of nitrogens with one attached hydrogen (secondary N) is 1. The molecular formula is C17H19N3O. The highest BCUT2D eigenvalue weighted by molar-refractivity contribution is 5.86. The molecule has 4 heteroatoms. The predicted octanol–water partition coefficient (Wildman–Crippen LogP) is 3.86. The summed E-state index contributed by atoms with van der Waals surface area (Å²) >= 11 is 0. The number of hydrogen-bond acceptors (Lipinski definition) is 3. The molecule has 0 atom stereocenters. The minimum atomic E-state index is -0.348. The average molecular weight is 281 g/mol. The van der Waals surface area contributed by atoms with E-state index in [2.05, 4.69) is 9.97 Å². The van der Waals surface area contributed by atoms with Crippen molar-refractivity contribution < 1.29 is 4.74 Å². The summed E-state index contributed by atoms with van der Waals surface area (Å²) < 4.78 is 6.00. The highest BCUT2D eigenvalue weighted by atomic mass is 16.5. The third kappa shape index (κ3) is 2.62. The van der Waals surface area contributed by atoms with Gasteiger partial charge in [0.2, 0.25) is 0 Å². The molecule has 0 saturated carbocycles. The first-order chi connectivity index (χ1) is 9.95. The second kappa shape index (κ2) is 4.90. The van der Waals surface area contributed by atoms with Crippen LogP contribution in [0.4, 0.5) is 0 Å². The summed E-state index contributed by atoms with van der Waals surface area (Å²) in [6, 6.07) is 9.76. The maximum atomic E-state index is 6.09. The molecule has 4 nitrogen and oxygen atoms in total. The van der Waals surface area contributed by atoms with Gasteiger partial charge in [0.15, 0.2) is 0 Å². The number of aromatic amines is 1. The lowest BCUT2D eigenvalue weighted by Gasteiger charge is -2.19. The van der Waals surface area contributed by atoms with Crippen LogP contribution in [0.15, 0.2) is 42.7 Å². The van der Waals surface area contributed by atoms with Crippen LogP contribution in [0, 0.1) is 6.92 Å². The van der Waals surface area contributed by atoms with Gasteiger partial charge in [0, 0.05) is 17.9 Å². The molecule has 0 saturated heterocycles. The molecule has 108 valence electrons. The second-order valence-electron chi connectivity index (χ2n) is 5.85. The van der Waals surface area contributed by atoms with Gasteiger partial charge in [-0.3, -0.25) is 0 Å². The molecule has 3 aromatic rings. The Bertz CT molecular complexity index is 767. The van der Waals surface area contributed by atoms with Gasteiger partial charge in [0.05, 0.1) is 5.39 Å². The summed E-state index contributed by atoms with van der Waals surface area (Å²) in [5.74, 6) is 1.59. The topological polar surface area (TPSA) is 63.9 Å². The van der Waals surface area contributed by atoms with E-state index in [0.29, 0.717) is 0 Å². The number of nitrogens with two attached hydrogens (primary N) is 1. The summed E-state index contributed by atoms with van der Waals surface area (Å²) in [6.45, 7) is 6.00. The molecule has 2 aromatic heterocycles.